The van der Waals surface area contributed by atoms with Gasteiger partial charge < -0.3 is 10.6 Å². The van der Waals surface area contributed by atoms with Gasteiger partial charge in [0.15, 0.2) is 0 Å². The highest BCUT2D eigenvalue weighted by atomic mass is 19.1. The molecule has 6 nitrogen and oxygen atoms in total. The van der Waals surface area contributed by atoms with Gasteiger partial charge >= 0.3 is 0 Å². The van der Waals surface area contributed by atoms with Crippen molar-refractivity contribution in [3.63, 3.8) is 0 Å². The third kappa shape index (κ3) is 3.51. The van der Waals surface area contributed by atoms with E-state index in [1.807, 2.05) is 39.0 Å². The first-order valence-corrected chi connectivity index (χ1v) is 9.36. The van der Waals surface area contributed by atoms with E-state index in [0.29, 0.717) is 11.5 Å². The van der Waals surface area contributed by atoms with Crippen LogP contribution in [-0.2, 0) is 9.59 Å². The van der Waals surface area contributed by atoms with Crippen LogP contribution in [0.15, 0.2) is 42.5 Å². The minimum absolute atomic E-state index is 0.0316. The van der Waals surface area contributed by atoms with Crippen molar-refractivity contribution in [1.29, 1.82) is 0 Å². The number of aryl methyl sites for hydroxylation is 3. The topological polar surface area (TPSA) is 76.0 Å². The van der Waals surface area contributed by atoms with Crippen LogP contribution in [0.1, 0.15) is 29.3 Å². The third-order valence-electron chi connectivity index (χ3n) is 5.09. The lowest BCUT2D eigenvalue weighted by molar-refractivity contribution is -0.123. The Labute approximate surface area is 167 Å². The van der Waals surface area contributed by atoms with Crippen molar-refractivity contribution in [2.75, 3.05) is 10.6 Å². The molecule has 1 aromatic heterocycles. The van der Waals surface area contributed by atoms with E-state index in [1.54, 1.807) is 16.8 Å². The molecule has 1 unspecified atom stereocenters. The van der Waals surface area contributed by atoms with E-state index in [4.69, 9.17) is 0 Å². The lowest BCUT2D eigenvalue weighted by Crippen LogP contribution is -2.24. The Morgan fingerprint density at radius 1 is 1.17 bits per heavy atom. The van der Waals surface area contributed by atoms with Crippen molar-refractivity contribution in [3.05, 3.63) is 65.1 Å². The van der Waals surface area contributed by atoms with Gasteiger partial charge in [-0.1, -0.05) is 29.8 Å². The highest BCUT2D eigenvalue weighted by Crippen LogP contribution is 2.38. The first-order chi connectivity index (χ1) is 13.8. The second-order valence-electron chi connectivity index (χ2n) is 7.34. The van der Waals surface area contributed by atoms with Crippen molar-refractivity contribution in [2.45, 2.75) is 33.2 Å². The van der Waals surface area contributed by atoms with Crippen molar-refractivity contribution in [1.82, 2.24) is 9.78 Å². The van der Waals surface area contributed by atoms with E-state index >= 15 is 0 Å². The molecule has 148 valence electrons. The average Bonchev–Trinajstić information content (AvgIpc) is 3.13. The summed E-state index contributed by atoms with van der Waals surface area (Å²) in [5.74, 6) is -0.350. The first kappa shape index (κ1) is 18.9. The molecule has 29 heavy (non-hydrogen) atoms. The summed E-state index contributed by atoms with van der Waals surface area (Å²) < 4.78 is 14.8. The van der Waals surface area contributed by atoms with Crippen molar-refractivity contribution in [2.24, 2.45) is 0 Å². The number of carbonyl (C=O) groups excluding carboxylic acids is 2. The molecule has 3 aromatic rings. The molecule has 0 fully saturated rings. The predicted molar refractivity (Wildman–Crippen MR) is 109 cm³/mol. The summed E-state index contributed by atoms with van der Waals surface area (Å²) in [6.07, 6.45) is -0.0316. The number of rotatable bonds is 4. The number of hydrogen-bond donors (Lipinski definition) is 2. The van der Waals surface area contributed by atoms with Crippen LogP contribution >= 0.6 is 0 Å². The van der Waals surface area contributed by atoms with Gasteiger partial charge in [0, 0.05) is 11.3 Å². The van der Waals surface area contributed by atoms with Crippen molar-refractivity contribution >= 4 is 23.3 Å². The smallest absolute Gasteiger partial charge is 0.251 e. The Kier molecular flexibility index (Phi) is 4.66. The lowest BCUT2D eigenvalue weighted by atomic mass is 10.1. The largest absolute Gasteiger partial charge is 0.326 e. The minimum atomic E-state index is -0.733. The summed E-state index contributed by atoms with van der Waals surface area (Å²) in [4.78, 5) is 25.1. The molecule has 0 spiro atoms. The lowest BCUT2D eigenvalue weighted by Gasteiger charge is -2.12. The molecule has 1 atom stereocenters. The maximum atomic E-state index is 13.3. The molecule has 0 saturated heterocycles. The predicted octanol–water partition coefficient (Wildman–Crippen LogP) is 4.14. The summed E-state index contributed by atoms with van der Waals surface area (Å²) in [6, 6.07) is 11.1. The van der Waals surface area contributed by atoms with Gasteiger partial charge in [-0.25, -0.2) is 9.07 Å². The number of amides is 2. The number of nitrogens with one attached hydrogen (secondary N) is 2. The maximum absolute atomic E-state index is 13.3. The Balaban J connectivity index is 1.58. The van der Waals surface area contributed by atoms with Crippen LogP contribution in [0, 0.1) is 26.6 Å². The zero-order valence-corrected chi connectivity index (χ0v) is 16.4. The summed E-state index contributed by atoms with van der Waals surface area (Å²) in [6.45, 7) is 5.74. The van der Waals surface area contributed by atoms with Crippen LogP contribution in [0.3, 0.4) is 0 Å². The van der Waals surface area contributed by atoms with Crippen LogP contribution in [0.5, 0.6) is 0 Å². The molecular formula is C22H21FN4O2. The van der Waals surface area contributed by atoms with Gasteiger partial charge in [-0.15, -0.1) is 0 Å². The van der Waals surface area contributed by atoms with Crippen LogP contribution in [0.2, 0.25) is 0 Å². The summed E-state index contributed by atoms with van der Waals surface area (Å²) >= 11 is 0. The van der Waals surface area contributed by atoms with E-state index in [9.17, 15) is 14.0 Å². The normalized spacial score (nSPS) is 15.2. The second kappa shape index (κ2) is 7.16. The third-order valence-corrected chi connectivity index (χ3v) is 5.09. The number of aromatic nitrogens is 2. The van der Waals surface area contributed by atoms with E-state index in [1.165, 1.54) is 12.1 Å². The number of anilines is 2. The zero-order valence-electron chi connectivity index (χ0n) is 16.4. The molecule has 7 heteroatoms. The van der Waals surface area contributed by atoms with Gasteiger partial charge in [-0.2, -0.15) is 5.10 Å². The van der Waals surface area contributed by atoms with E-state index in [2.05, 4.69) is 15.7 Å². The molecule has 0 bridgehead atoms. The number of carbonyl (C=O) groups is 2. The van der Waals surface area contributed by atoms with Crippen molar-refractivity contribution < 1.29 is 14.0 Å². The van der Waals surface area contributed by atoms with Crippen LogP contribution in [0.25, 0.3) is 11.1 Å². The number of benzene rings is 2. The van der Waals surface area contributed by atoms with Crippen LogP contribution in [0.4, 0.5) is 15.9 Å². The van der Waals surface area contributed by atoms with Gasteiger partial charge in [0.1, 0.15) is 17.7 Å². The number of nitrogens with zero attached hydrogens (tertiary/aromatic N) is 2. The molecule has 2 N–H and O–H groups in total. The first-order valence-electron chi connectivity index (χ1n) is 9.36. The van der Waals surface area contributed by atoms with Crippen molar-refractivity contribution in [3.8, 4) is 11.1 Å². The molecule has 1 aliphatic heterocycles. The van der Waals surface area contributed by atoms with Crippen LogP contribution < -0.4 is 10.6 Å². The fraction of sp³-hybridized carbons (Fsp3) is 0.227. The molecule has 2 aromatic carbocycles. The summed E-state index contributed by atoms with van der Waals surface area (Å²) in [7, 11) is 0. The second-order valence-corrected chi connectivity index (χ2v) is 7.34. The van der Waals surface area contributed by atoms with E-state index in [0.717, 1.165) is 27.9 Å². The van der Waals surface area contributed by atoms with Gasteiger partial charge in [0.05, 0.1) is 12.1 Å². The van der Waals surface area contributed by atoms with Gasteiger partial charge in [0.2, 0.25) is 5.91 Å². The molecule has 4 rings (SSSR count). The Morgan fingerprint density at radius 2 is 1.90 bits per heavy atom. The number of halogens is 1. The minimum Gasteiger partial charge on any atom is -0.326 e. The van der Waals surface area contributed by atoms with Gasteiger partial charge in [0.25, 0.3) is 5.91 Å². The van der Waals surface area contributed by atoms with Crippen LogP contribution in [-0.4, -0.2) is 21.6 Å². The Hall–Kier alpha value is -3.48. The maximum Gasteiger partial charge on any atom is 0.251 e. The number of fused-ring (bicyclic) bond motifs is 1. The van der Waals surface area contributed by atoms with E-state index < -0.39 is 6.04 Å². The highest BCUT2D eigenvalue weighted by molar-refractivity contribution is 6.04. The standard InChI is InChI=1S/C22H21FN4O2/c1-12-4-9-17(13(2)10-12)24-19(28)11-18-22(29)25-21-20(14(3)26-27(18)21)15-5-7-16(23)8-6-15/h4-10,18H,11H2,1-3H3,(H,24,28)(H,25,29). The molecular weight excluding hydrogens is 371 g/mol. The average molecular weight is 392 g/mol. The molecule has 0 saturated carbocycles. The Bertz CT molecular complexity index is 1120. The highest BCUT2D eigenvalue weighted by Gasteiger charge is 2.36. The monoisotopic (exact) mass is 392 g/mol. The van der Waals surface area contributed by atoms with E-state index in [-0.39, 0.29) is 24.1 Å². The van der Waals surface area contributed by atoms with Gasteiger partial charge in [-0.05, 0) is 50.1 Å². The molecule has 0 radical (unpaired) electrons. The molecule has 2 amide bonds. The molecule has 1 aliphatic rings. The number of hydrogen-bond acceptors (Lipinski definition) is 3. The fourth-order valence-electron chi connectivity index (χ4n) is 3.68. The molecule has 0 aliphatic carbocycles. The molecule has 2 heterocycles. The van der Waals surface area contributed by atoms with Gasteiger partial charge in [-0.3, -0.25) is 9.59 Å². The zero-order chi connectivity index (χ0) is 20.7. The quantitative estimate of drug-likeness (QED) is 0.701. The fourth-order valence-corrected chi connectivity index (χ4v) is 3.68. The Morgan fingerprint density at radius 3 is 2.59 bits per heavy atom. The summed E-state index contributed by atoms with van der Waals surface area (Å²) in [5.41, 5.74) is 4.99. The SMILES string of the molecule is Cc1ccc(NC(=O)CC2C(=O)Nc3c(-c4ccc(F)cc4)c(C)nn32)c(C)c1. The summed E-state index contributed by atoms with van der Waals surface area (Å²) in [5, 5.41) is 10.2.